The van der Waals surface area contributed by atoms with Crippen LogP contribution in [0.2, 0.25) is 0 Å². The van der Waals surface area contributed by atoms with Crippen molar-refractivity contribution in [3.8, 4) is 0 Å². The highest BCUT2D eigenvalue weighted by atomic mass is 16.9. The molecule has 0 aromatic rings. The van der Waals surface area contributed by atoms with Crippen LogP contribution in [-0.2, 0) is 23.7 Å². The van der Waals surface area contributed by atoms with Gasteiger partial charge in [-0.05, 0) is 19.8 Å². The molecule has 0 bridgehead atoms. The number of carbonyl (C=O) groups is 1. The number of hydrogen-bond donors (Lipinski definition) is 0. The maximum atomic E-state index is 11.2. The minimum atomic E-state index is -1.04. The third kappa shape index (κ3) is 4.76. The number of rotatable bonds is 9. The van der Waals surface area contributed by atoms with Crippen LogP contribution in [0.1, 0.15) is 26.7 Å². The topological polar surface area (TPSA) is 54.0 Å². The highest BCUT2D eigenvalue weighted by Crippen LogP contribution is 2.27. The van der Waals surface area contributed by atoms with E-state index < -0.39 is 5.97 Å². The maximum absolute atomic E-state index is 11.2. The molecule has 0 aromatic heterocycles. The molecule has 0 aromatic carbocycles. The summed E-state index contributed by atoms with van der Waals surface area (Å²) in [5.41, 5.74) is 0.406. The number of ether oxygens (including phenoxy) is 4. The molecule has 0 aliphatic carbocycles. The normalized spacial score (nSPS) is 13.2. The van der Waals surface area contributed by atoms with E-state index in [-0.39, 0.29) is 11.9 Å². The van der Waals surface area contributed by atoms with Gasteiger partial charge in [-0.1, -0.05) is 13.5 Å². The van der Waals surface area contributed by atoms with Gasteiger partial charge in [0.1, 0.15) is 0 Å². The summed E-state index contributed by atoms with van der Waals surface area (Å²) in [7, 11) is 4.60. The fraction of sp³-hybridized carbons (Fsp3) is 0.769. The number of carbonyl (C=O) groups excluding carboxylic acids is 1. The molecule has 0 heterocycles. The standard InChI is InChI=1S/C13H24O5/c1-10(2)12(14)18-9-7-8-11(3)13(15-4,16-5)17-6/h11H,1,7-9H2,2-6H3. The molecule has 5 heteroatoms. The molecule has 0 saturated carbocycles. The quantitative estimate of drug-likeness (QED) is 0.275. The van der Waals surface area contributed by atoms with Gasteiger partial charge in [0.15, 0.2) is 0 Å². The van der Waals surface area contributed by atoms with Gasteiger partial charge in [-0.3, -0.25) is 0 Å². The monoisotopic (exact) mass is 260 g/mol. The lowest BCUT2D eigenvalue weighted by Crippen LogP contribution is -2.42. The van der Waals surface area contributed by atoms with E-state index in [1.807, 2.05) is 6.92 Å². The smallest absolute Gasteiger partial charge is 0.333 e. The molecule has 0 rings (SSSR count). The van der Waals surface area contributed by atoms with Crippen molar-refractivity contribution in [1.82, 2.24) is 0 Å². The number of esters is 1. The SMILES string of the molecule is C=C(C)C(=O)OCCCC(C)C(OC)(OC)OC. The molecule has 0 N–H and O–H groups in total. The molecule has 0 saturated heterocycles. The Morgan fingerprint density at radius 2 is 1.72 bits per heavy atom. The van der Waals surface area contributed by atoms with Crippen LogP contribution in [0.5, 0.6) is 0 Å². The van der Waals surface area contributed by atoms with Gasteiger partial charge < -0.3 is 18.9 Å². The van der Waals surface area contributed by atoms with Crippen LogP contribution >= 0.6 is 0 Å². The summed E-state index contributed by atoms with van der Waals surface area (Å²) >= 11 is 0. The first kappa shape index (κ1) is 17.1. The van der Waals surface area contributed by atoms with E-state index in [2.05, 4.69) is 6.58 Å². The molecule has 1 atom stereocenters. The highest BCUT2D eigenvalue weighted by Gasteiger charge is 2.36. The van der Waals surface area contributed by atoms with Gasteiger partial charge in [-0.2, -0.15) is 0 Å². The lowest BCUT2D eigenvalue weighted by molar-refractivity contribution is -0.377. The first-order valence-corrected chi connectivity index (χ1v) is 5.91. The van der Waals surface area contributed by atoms with Crippen LogP contribution in [0.15, 0.2) is 12.2 Å². The van der Waals surface area contributed by atoms with E-state index in [1.54, 1.807) is 6.92 Å². The molecule has 0 radical (unpaired) electrons. The van der Waals surface area contributed by atoms with Crippen LogP contribution in [0.25, 0.3) is 0 Å². The molecule has 0 amide bonds. The zero-order valence-corrected chi connectivity index (χ0v) is 11.9. The average Bonchev–Trinajstić information content (AvgIpc) is 2.37. The first-order chi connectivity index (χ1) is 8.43. The average molecular weight is 260 g/mol. The second kappa shape index (κ2) is 8.24. The number of methoxy groups -OCH3 is 3. The molecule has 0 spiro atoms. The lowest BCUT2D eigenvalue weighted by atomic mass is 10.0. The fourth-order valence-electron chi connectivity index (χ4n) is 1.71. The van der Waals surface area contributed by atoms with E-state index in [1.165, 1.54) is 21.3 Å². The largest absolute Gasteiger partial charge is 0.462 e. The second-order valence-electron chi connectivity index (χ2n) is 4.18. The zero-order valence-electron chi connectivity index (χ0n) is 11.9. The third-order valence-corrected chi connectivity index (χ3v) is 2.82. The van der Waals surface area contributed by atoms with Crippen molar-refractivity contribution in [2.45, 2.75) is 32.7 Å². The summed E-state index contributed by atoms with van der Waals surface area (Å²) in [6.45, 7) is 7.44. The predicted molar refractivity (Wildman–Crippen MR) is 67.9 cm³/mol. The van der Waals surface area contributed by atoms with Gasteiger partial charge in [0.2, 0.25) is 0 Å². The Balaban J connectivity index is 4.06. The maximum Gasteiger partial charge on any atom is 0.333 e. The van der Waals surface area contributed by atoms with Crippen LogP contribution in [0.4, 0.5) is 0 Å². The minimum Gasteiger partial charge on any atom is -0.462 e. The van der Waals surface area contributed by atoms with E-state index in [9.17, 15) is 4.79 Å². The minimum absolute atomic E-state index is 0.0148. The van der Waals surface area contributed by atoms with Crippen molar-refractivity contribution in [1.29, 1.82) is 0 Å². The van der Waals surface area contributed by atoms with Gasteiger partial charge in [-0.15, -0.1) is 0 Å². The molecule has 0 fully saturated rings. The first-order valence-electron chi connectivity index (χ1n) is 5.91. The molecule has 5 nitrogen and oxygen atoms in total. The Hall–Kier alpha value is -0.910. The molecule has 0 aliphatic heterocycles. The van der Waals surface area contributed by atoms with Crippen LogP contribution in [-0.4, -0.2) is 39.9 Å². The summed E-state index contributed by atoms with van der Waals surface area (Å²) < 4.78 is 20.8. The fourth-order valence-corrected chi connectivity index (χ4v) is 1.71. The molecule has 1 unspecified atom stereocenters. The number of hydrogen-bond acceptors (Lipinski definition) is 5. The Bertz CT molecular complexity index is 262. The van der Waals surface area contributed by atoms with E-state index in [4.69, 9.17) is 18.9 Å². The Morgan fingerprint density at radius 1 is 1.22 bits per heavy atom. The highest BCUT2D eigenvalue weighted by molar-refractivity contribution is 5.86. The Morgan fingerprint density at radius 3 is 2.11 bits per heavy atom. The van der Waals surface area contributed by atoms with Crippen molar-refractivity contribution in [2.24, 2.45) is 5.92 Å². The zero-order chi connectivity index (χ0) is 14.2. The summed E-state index contributed by atoms with van der Waals surface area (Å²) in [6, 6.07) is 0. The summed E-state index contributed by atoms with van der Waals surface area (Å²) in [6.07, 6.45) is 1.46. The van der Waals surface area contributed by atoms with E-state index >= 15 is 0 Å². The second-order valence-corrected chi connectivity index (χ2v) is 4.18. The van der Waals surface area contributed by atoms with E-state index in [0.717, 1.165) is 6.42 Å². The van der Waals surface area contributed by atoms with Crippen LogP contribution in [0.3, 0.4) is 0 Å². The Labute approximate surface area is 109 Å². The van der Waals surface area contributed by atoms with Crippen molar-refractivity contribution >= 4 is 5.97 Å². The van der Waals surface area contributed by atoms with Gasteiger partial charge in [-0.25, -0.2) is 4.79 Å². The van der Waals surface area contributed by atoms with Gasteiger partial charge >= 0.3 is 5.97 Å². The lowest BCUT2D eigenvalue weighted by Gasteiger charge is -2.34. The van der Waals surface area contributed by atoms with Crippen molar-refractivity contribution in [3.05, 3.63) is 12.2 Å². The van der Waals surface area contributed by atoms with Gasteiger partial charge in [0, 0.05) is 32.8 Å². The van der Waals surface area contributed by atoms with Gasteiger partial charge in [0.05, 0.1) is 6.61 Å². The molecular formula is C13H24O5. The van der Waals surface area contributed by atoms with E-state index in [0.29, 0.717) is 18.6 Å². The summed E-state index contributed by atoms with van der Waals surface area (Å²) in [4.78, 5) is 11.2. The molecule has 106 valence electrons. The Kier molecular flexibility index (Phi) is 7.82. The molecule has 18 heavy (non-hydrogen) atoms. The van der Waals surface area contributed by atoms with Crippen LogP contribution < -0.4 is 0 Å². The van der Waals surface area contributed by atoms with Crippen LogP contribution in [0, 0.1) is 5.92 Å². The molecular weight excluding hydrogens is 236 g/mol. The van der Waals surface area contributed by atoms with Gasteiger partial charge in [0.25, 0.3) is 5.97 Å². The van der Waals surface area contributed by atoms with Crippen molar-refractivity contribution in [3.63, 3.8) is 0 Å². The third-order valence-electron chi connectivity index (χ3n) is 2.82. The summed E-state index contributed by atoms with van der Waals surface area (Å²) in [5.74, 6) is -1.39. The van der Waals surface area contributed by atoms with Crippen molar-refractivity contribution in [2.75, 3.05) is 27.9 Å². The predicted octanol–water partition coefficient (Wildman–Crippen LogP) is 2.12. The molecule has 0 aliphatic rings. The summed E-state index contributed by atoms with van der Waals surface area (Å²) in [5, 5.41) is 0. The van der Waals surface area contributed by atoms with Crippen molar-refractivity contribution < 1.29 is 23.7 Å².